The standard InChI is InChI=1S/C22H26ClN3O5S/c1-29-17-10-18(30-2)15(23)9-13(17)7-8-22(14-5-3-4-6-14)11-16(27)19(20(28)31-22)32-21-24-12-25-26-21/h9-10,12,14,19H,3-8,11H2,1-2H3,(H,24,25,26). The average molecular weight is 480 g/mol. The second-order valence-electron chi connectivity index (χ2n) is 8.20. The van der Waals surface area contributed by atoms with Crippen molar-refractivity contribution in [3.8, 4) is 11.5 Å². The van der Waals surface area contributed by atoms with Gasteiger partial charge in [0.15, 0.2) is 16.2 Å². The molecule has 4 rings (SSSR count). The monoisotopic (exact) mass is 479 g/mol. The molecule has 2 heterocycles. The topological polar surface area (TPSA) is 103 Å². The molecule has 1 aliphatic heterocycles. The van der Waals surface area contributed by atoms with Crippen LogP contribution in [0.2, 0.25) is 5.02 Å². The predicted octanol–water partition coefficient (Wildman–Crippen LogP) is 4.01. The van der Waals surface area contributed by atoms with Gasteiger partial charge in [0, 0.05) is 12.5 Å². The molecule has 0 bridgehead atoms. The number of H-pyrrole nitrogens is 1. The second-order valence-corrected chi connectivity index (χ2v) is 9.70. The van der Waals surface area contributed by atoms with E-state index in [2.05, 4.69) is 15.2 Å². The van der Waals surface area contributed by atoms with E-state index in [0.717, 1.165) is 43.0 Å². The highest BCUT2D eigenvalue weighted by Gasteiger charge is 2.52. The van der Waals surface area contributed by atoms with Crippen molar-refractivity contribution in [2.24, 2.45) is 5.92 Å². The average Bonchev–Trinajstić information content (AvgIpc) is 3.49. The van der Waals surface area contributed by atoms with Gasteiger partial charge in [-0.05, 0) is 43.2 Å². The smallest absolute Gasteiger partial charge is 0.327 e. The van der Waals surface area contributed by atoms with E-state index >= 15 is 0 Å². The second kappa shape index (κ2) is 9.70. The number of rotatable bonds is 8. The summed E-state index contributed by atoms with van der Waals surface area (Å²) in [5.74, 6) is 0.708. The molecule has 10 heteroatoms. The summed E-state index contributed by atoms with van der Waals surface area (Å²) in [5.41, 5.74) is 0.0675. The third kappa shape index (κ3) is 4.59. The number of ketones is 1. The first-order valence-electron chi connectivity index (χ1n) is 10.6. The number of thioether (sulfide) groups is 1. The lowest BCUT2D eigenvalue weighted by Gasteiger charge is -2.42. The number of hydrogen-bond donors (Lipinski definition) is 1. The Hall–Kier alpha value is -2.26. The van der Waals surface area contributed by atoms with Crippen LogP contribution < -0.4 is 9.47 Å². The minimum atomic E-state index is -0.928. The molecule has 172 valence electrons. The first-order chi connectivity index (χ1) is 15.5. The van der Waals surface area contributed by atoms with Crippen LogP contribution in [0.25, 0.3) is 0 Å². The summed E-state index contributed by atoms with van der Waals surface area (Å²) in [4.78, 5) is 30.1. The molecule has 1 aromatic heterocycles. The highest BCUT2D eigenvalue weighted by atomic mass is 35.5. The van der Waals surface area contributed by atoms with E-state index in [4.69, 9.17) is 25.8 Å². The van der Waals surface area contributed by atoms with Crippen molar-refractivity contribution in [3.05, 3.63) is 29.0 Å². The SMILES string of the molecule is COc1cc(OC)c(CCC2(C3CCCC3)CC(=O)C(Sc3ncn[nH]3)C(=O)O2)cc1Cl. The molecule has 2 aliphatic rings. The molecule has 2 unspecified atom stereocenters. The molecule has 0 amide bonds. The molecule has 2 fully saturated rings. The maximum Gasteiger partial charge on any atom is 0.327 e. The third-order valence-electron chi connectivity index (χ3n) is 6.38. The first kappa shape index (κ1) is 22.9. The van der Waals surface area contributed by atoms with Gasteiger partial charge >= 0.3 is 5.97 Å². The van der Waals surface area contributed by atoms with Crippen LogP contribution in [-0.2, 0) is 20.7 Å². The summed E-state index contributed by atoms with van der Waals surface area (Å²) in [6.07, 6.45) is 6.66. The van der Waals surface area contributed by atoms with Crippen LogP contribution in [-0.4, -0.2) is 52.0 Å². The van der Waals surface area contributed by atoms with E-state index in [9.17, 15) is 9.59 Å². The largest absolute Gasteiger partial charge is 0.496 e. The van der Waals surface area contributed by atoms with Crippen molar-refractivity contribution >= 4 is 35.1 Å². The Morgan fingerprint density at radius 3 is 2.59 bits per heavy atom. The van der Waals surface area contributed by atoms with Gasteiger partial charge in [0.25, 0.3) is 0 Å². The number of cyclic esters (lactones) is 1. The predicted molar refractivity (Wildman–Crippen MR) is 119 cm³/mol. The molecular formula is C22H26ClN3O5S. The summed E-state index contributed by atoms with van der Waals surface area (Å²) in [7, 11) is 3.14. The fraction of sp³-hybridized carbons (Fsp3) is 0.545. The summed E-state index contributed by atoms with van der Waals surface area (Å²) in [6.45, 7) is 0. The van der Waals surface area contributed by atoms with Crippen LogP contribution in [0, 0.1) is 5.92 Å². The Morgan fingerprint density at radius 1 is 1.22 bits per heavy atom. The minimum Gasteiger partial charge on any atom is -0.496 e. The number of carbonyl (C=O) groups is 2. The van der Waals surface area contributed by atoms with E-state index < -0.39 is 16.8 Å². The van der Waals surface area contributed by atoms with Crippen molar-refractivity contribution < 1.29 is 23.8 Å². The van der Waals surface area contributed by atoms with Gasteiger partial charge in [0.2, 0.25) is 0 Å². The number of carbonyl (C=O) groups excluding carboxylic acids is 2. The first-order valence-corrected chi connectivity index (χ1v) is 11.9. The molecule has 8 nitrogen and oxygen atoms in total. The number of aromatic nitrogens is 3. The van der Waals surface area contributed by atoms with Gasteiger partial charge in [-0.25, -0.2) is 4.98 Å². The Balaban J connectivity index is 1.56. The minimum absolute atomic E-state index is 0.130. The summed E-state index contributed by atoms with van der Waals surface area (Å²) >= 11 is 7.39. The molecule has 0 spiro atoms. The van der Waals surface area contributed by atoms with E-state index in [1.54, 1.807) is 20.3 Å². The Morgan fingerprint density at radius 2 is 1.97 bits per heavy atom. The number of esters is 1. The molecule has 1 saturated heterocycles. The zero-order valence-corrected chi connectivity index (χ0v) is 19.6. The highest BCUT2D eigenvalue weighted by Crippen LogP contribution is 2.46. The number of methoxy groups -OCH3 is 2. The number of hydrogen-bond acceptors (Lipinski definition) is 8. The third-order valence-corrected chi connectivity index (χ3v) is 7.78. The summed E-state index contributed by atoms with van der Waals surface area (Å²) in [5, 5.41) is 6.44. The molecule has 1 aliphatic carbocycles. The lowest BCUT2D eigenvalue weighted by atomic mass is 9.76. The van der Waals surface area contributed by atoms with Gasteiger partial charge in [0.1, 0.15) is 23.4 Å². The number of Topliss-reactive ketones (excluding diaryl/α,β-unsaturated/α-hetero) is 1. The van der Waals surface area contributed by atoms with Crippen LogP contribution >= 0.6 is 23.4 Å². The molecule has 1 N–H and O–H groups in total. The Labute approximate surface area is 195 Å². The highest BCUT2D eigenvalue weighted by molar-refractivity contribution is 8.01. The number of benzene rings is 1. The van der Waals surface area contributed by atoms with Crippen LogP contribution in [0.4, 0.5) is 0 Å². The summed E-state index contributed by atoms with van der Waals surface area (Å²) in [6, 6.07) is 3.57. The van der Waals surface area contributed by atoms with E-state index in [-0.39, 0.29) is 18.1 Å². The van der Waals surface area contributed by atoms with Crippen molar-refractivity contribution in [1.82, 2.24) is 15.2 Å². The van der Waals surface area contributed by atoms with Crippen molar-refractivity contribution in [3.63, 3.8) is 0 Å². The van der Waals surface area contributed by atoms with Gasteiger partial charge in [-0.2, -0.15) is 5.10 Å². The van der Waals surface area contributed by atoms with Crippen LogP contribution in [0.1, 0.15) is 44.1 Å². The maximum absolute atomic E-state index is 13.1. The Bertz CT molecular complexity index is 960. The lowest BCUT2D eigenvalue weighted by molar-refractivity contribution is -0.177. The van der Waals surface area contributed by atoms with E-state index in [1.165, 1.54) is 6.33 Å². The van der Waals surface area contributed by atoms with Crippen molar-refractivity contribution in [1.29, 1.82) is 0 Å². The van der Waals surface area contributed by atoms with Gasteiger partial charge in [-0.15, -0.1) is 0 Å². The fourth-order valence-corrected chi connectivity index (χ4v) is 5.83. The van der Waals surface area contributed by atoms with Gasteiger partial charge in [-0.3, -0.25) is 14.7 Å². The van der Waals surface area contributed by atoms with E-state index in [0.29, 0.717) is 34.5 Å². The molecule has 1 saturated carbocycles. The number of nitrogens with zero attached hydrogens (tertiary/aromatic N) is 2. The zero-order chi connectivity index (χ0) is 22.7. The van der Waals surface area contributed by atoms with Crippen LogP contribution in [0.5, 0.6) is 11.5 Å². The van der Waals surface area contributed by atoms with E-state index in [1.807, 2.05) is 6.07 Å². The maximum atomic E-state index is 13.1. The van der Waals surface area contributed by atoms with Gasteiger partial charge in [-0.1, -0.05) is 36.2 Å². The molecule has 2 aromatic rings. The van der Waals surface area contributed by atoms with Crippen LogP contribution in [0.15, 0.2) is 23.6 Å². The van der Waals surface area contributed by atoms with Crippen molar-refractivity contribution in [2.75, 3.05) is 14.2 Å². The summed E-state index contributed by atoms with van der Waals surface area (Å²) < 4.78 is 16.9. The fourth-order valence-electron chi connectivity index (χ4n) is 4.77. The number of aryl methyl sites for hydroxylation is 1. The van der Waals surface area contributed by atoms with Crippen LogP contribution in [0.3, 0.4) is 0 Å². The number of aromatic amines is 1. The molecular weight excluding hydrogens is 454 g/mol. The van der Waals surface area contributed by atoms with Crippen molar-refractivity contribution in [2.45, 2.75) is 61.0 Å². The quantitative estimate of drug-likeness (QED) is 0.447. The molecule has 32 heavy (non-hydrogen) atoms. The van der Waals surface area contributed by atoms with Gasteiger partial charge in [0.05, 0.1) is 19.2 Å². The molecule has 0 radical (unpaired) electrons. The lowest BCUT2D eigenvalue weighted by Crippen LogP contribution is -2.53. The normalized spacial score (nSPS) is 23.9. The number of nitrogens with one attached hydrogen (secondary N) is 1. The number of ether oxygens (including phenoxy) is 3. The molecule has 1 aromatic carbocycles. The molecule has 2 atom stereocenters. The Kier molecular flexibility index (Phi) is 6.95. The number of halogens is 1. The van der Waals surface area contributed by atoms with Gasteiger partial charge < -0.3 is 14.2 Å². The zero-order valence-electron chi connectivity index (χ0n) is 18.1.